The van der Waals surface area contributed by atoms with E-state index in [1.807, 2.05) is 6.92 Å². The van der Waals surface area contributed by atoms with Crippen LogP contribution in [-0.4, -0.2) is 34.9 Å². The number of carbonyl (C=O) groups is 1. The van der Waals surface area contributed by atoms with Crippen LogP contribution in [0, 0.1) is 0 Å². The number of rotatable bonds is 5. The van der Waals surface area contributed by atoms with E-state index in [1.165, 1.54) is 0 Å². The van der Waals surface area contributed by atoms with E-state index in [1.54, 1.807) is 0 Å². The molecule has 0 spiro atoms. The molecule has 6 heteroatoms. The van der Waals surface area contributed by atoms with Crippen molar-refractivity contribution in [2.45, 2.75) is 51.7 Å². The number of aryl methyl sites for hydroxylation is 1. The molecule has 1 saturated heterocycles. The van der Waals surface area contributed by atoms with Crippen molar-refractivity contribution in [2.75, 3.05) is 12.3 Å². The summed E-state index contributed by atoms with van der Waals surface area (Å²) in [5.74, 6) is -0.237. The van der Waals surface area contributed by atoms with Gasteiger partial charge >= 0.3 is 0 Å². The lowest BCUT2D eigenvalue weighted by molar-refractivity contribution is 0.0710. The van der Waals surface area contributed by atoms with Crippen LogP contribution in [0.2, 0.25) is 0 Å². The zero-order valence-electron chi connectivity index (χ0n) is 11.5. The van der Waals surface area contributed by atoms with Gasteiger partial charge in [0.15, 0.2) is 5.69 Å². The van der Waals surface area contributed by atoms with E-state index >= 15 is 0 Å². The molecular formula is C13H22N4O2. The molecule has 4 N–H and O–H groups in total. The number of aromatic nitrogens is 2. The summed E-state index contributed by atoms with van der Waals surface area (Å²) < 4.78 is 5.55. The number of aromatic amines is 1. The summed E-state index contributed by atoms with van der Waals surface area (Å²) >= 11 is 0. The van der Waals surface area contributed by atoms with Crippen LogP contribution < -0.4 is 11.1 Å². The number of anilines is 1. The number of nitrogen functional groups attached to an aromatic ring is 1. The topological polar surface area (TPSA) is 93.0 Å². The van der Waals surface area contributed by atoms with Crippen LogP contribution in [0.4, 0.5) is 5.69 Å². The second-order valence-electron chi connectivity index (χ2n) is 5.03. The zero-order valence-corrected chi connectivity index (χ0v) is 11.5. The maximum absolute atomic E-state index is 12.1. The summed E-state index contributed by atoms with van der Waals surface area (Å²) in [6, 6.07) is -0.0271. The average molecular weight is 266 g/mol. The monoisotopic (exact) mass is 266 g/mol. The molecule has 1 aromatic rings. The molecule has 0 radical (unpaired) electrons. The Kier molecular flexibility index (Phi) is 4.42. The minimum Gasteiger partial charge on any atom is -0.395 e. The lowest BCUT2D eigenvalue weighted by Gasteiger charge is -2.19. The summed E-state index contributed by atoms with van der Waals surface area (Å²) in [6.45, 7) is 4.78. The molecular weight excluding hydrogens is 244 g/mol. The third-order valence-corrected chi connectivity index (χ3v) is 3.48. The van der Waals surface area contributed by atoms with Crippen LogP contribution in [0.25, 0.3) is 0 Å². The Balaban J connectivity index is 1.99. The molecule has 0 aliphatic carbocycles. The fourth-order valence-corrected chi connectivity index (χ4v) is 2.37. The third-order valence-electron chi connectivity index (χ3n) is 3.48. The smallest absolute Gasteiger partial charge is 0.274 e. The predicted molar refractivity (Wildman–Crippen MR) is 72.9 cm³/mol. The molecule has 1 amide bonds. The van der Waals surface area contributed by atoms with Gasteiger partial charge in [0.2, 0.25) is 0 Å². The molecule has 0 aromatic carbocycles. The first-order valence-corrected chi connectivity index (χ1v) is 6.88. The highest BCUT2D eigenvalue weighted by atomic mass is 16.5. The number of hydrogen-bond acceptors (Lipinski definition) is 4. The van der Waals surface area contributed by atoms with Crippen LogP contribution in [0.1, 0.15) is 49.3 Å². The van der Waals surface area contributed by atoms with Gasteiger partial charge in [-0.1, -0.05) is 13.3 Å². The normalized spacial score (nSPS) is 20.4. The van der Waals surface area contributed by atoms with E-state index in [4.69, 9.17) is 10.5 Å². The fourth-order valence-electron chi connectivity index (χ4n) is 2.37. The summed E-state index contributed by atoms with van der Waals surface area (Å²) in [4.78, 5) is 12.1. The van der Waals surface area contributed by atoms with Crippen molar-refractivity contribution in [2.24, 2.45) is 0 Å². The van der Waals surface area contributed by atoms with Gasteiger partial charge in [-0.25, -0.2) is 0 Å². The summed E-state index contributed by atoms with van der Waals surface area (Å²) in [6.07, 6.45) is 3.89. The quantitative estimate of drug-likeness (QED) is 0.747. The van der Waals surface area contributed by atoms with Gasteiger partial charge in [-0.15, -0.1) is 0 Å². The number of hydrogen-bond donors (Lipinski definition) is 3. The van der Waals surface area contributed by atoms with Crippen molar-refractivity contribution < 1.29 is 9.53 Å². The number of nitrogens with one attached hydrogen (secondary N) is 2. The van der Waals surface area contributed by atoms with Crippen LogP contribution in [-0.2, 0) is 11.2 Å². The van der Waals surface area contributed by atoms with Crippen molar-refractivity contribution in [1.29, 1.82) is 0 Å². The number of carbonyl (C=O) groups excluding carboxylic acids is 1. The maximum atomic E-state index is 12.1. The van der Waals surface area contributed by atoms with Crippen molar-refractivity contribution in [1.82, 2.24) is 15.5 Å². The summed E-state index contributed by atoms with van der Waals surface area (Å²) in [5, 5.41) is 9.75. The molecule has 2 unspecified atom stereocenters. The van der Waals surface area contributed by atoms with Gasteiger partial charge in [-0.05, 0) is 26.2 Å². The van der Waals surface area contributed by atoms with E-state index in [2.05, 4.69) is 22.4 Å². The number of nitrogens with two attached hydrogens (primary N) is 1. The summed E-state index contributed by atoms with van der Waals surface area (Å²) in [5.41, 5.74) is 7.51. The van der Waals surface area contributed by atoms with E-state index in [-0.39, 0.29) is 23.7 Å². The average Bonchev–Trinajstić information content (AvgIpc) is 3.01. The first-order chi connectivity index (χ1) is 9.13. The largest absolute Gasteiger partial charge is 0.395 e. The standard InChI is InChI=1S/C13H22N4O2/c1-3-5-9-11(14)12(17-16-9)13(18)15-8(2)10-6-4-7-19-10/h8,10H,3-7,14H2,1-2H3,(H,15,18)(H,16,17). The van der Waals surface area contributed by atoms with E-state index < -0.39 is 0 Å². The van der Waals surface area contributed by atoms with Gasteiger partial charge in [0.05, 0.1) is 23.5 Å². The van der Waals surface area contributed by atoms with Crippen molar-refractivity contribution >= 4 is 11.6 Å². The van der Waals surface area contributed by atoms with Crippen LogP contribution >= 0.6 is 0 Å². The minimum absolute atomic E-state index is 0.0271. The zero-order chi connectivity index (χ0) is 13.8. The molecule has 1 fully saturated rings. The van der Waals surface area contributed by atoms with Crippen molar-refractivity contribution in [3.63, 3.8) is 0 Å². The SMILES string of the molecule is CCCc1[nH]nc(C(=O)NC(C)C2CCCO2)c1N. The Bertz CT molecular complexity index is 438. The Labute approximate surface area is 113 Å². The van der Waals surface area contributed by atoms with Crippen molar-refractivity contribution in [3.8, 4) is 0 Å². The molecule has 1 aromatic heterocycles. The van der Waals surface area contributed by atoms with E-state index in [9.17, 15) is 4.79 Å². The second-order valence-corrected chi connectivity index (χ2v) is 5.03. The molecule has 0 saturated carbocycles. The van der Waals surface area contributed by atoms with Crippen LogP contribution in [0.5, 0.6) is 0 Å². The van der Waals surface area contributed by atoms with Crippen LogP contribution in [0.15, 0.2) is 0 Å². The minimum atomic E-state index is -0.237. The highest BCUT2D eigenvalue weighted by molar-refractivity contribution is 5.97. The fraction of sp³-hybridized carbons (Fsp3) is 0.692. The van der Waals surface area contributed by atoms with Gasteiger partial charge in [0.25, 0.3) is 5.91 Å². The molecule has 2 atom stereocenters. The highest BCUT2D eigenvalue weighted by Crippen LogP contribution is 2.18. The molecule has 2 heterocycles. The predicted octanol–water partition coefficient (Wildman–Crippen LogP) is 1.24. The van der Waals surface area contributed by atoms with Gasteiger partial charge in [0.1, 0.15) is 0 Å². The number of H-pyrrole nitrogens is 1. The first kappa shape index (κ1) is 13.9. The summed E-state index contributed by atoms with van der Waals surface area (Å²) in [7, 11) is 0. The Hall–Kier alpha value is -1.56. The van der Waals surface area contributed by atoms with Gasteiger partial charge in [-0.3, -0.25) is 9.89 Å². The third kappa shape index (κ3) is 3.07. The van der Waals surface area contributed by atoms with Gasteiger partial charge in [-0.2, -0.15) is 5.10 Å². The molecule has 2 rings (SSSR count). The highest BCUT2D eigenvalue weighted by Gasteiger charge is 2.25. The Morgan fingerprint density at radius 1 is 1.68 bits per heavy atom. The molecule has 0 bridgehead atoms. The Morgan fingerprint density at radius 2 is 2.47 bits per heavy atom. The number of nitrogens with zero attached hydrogens (tertiary/aromatic N) is 1. The lowest BCUT2D eigenvalue weighted by Crippen LogP contribution is -2.41. The lowest BCUT2D eigenvalue weighted by atomic mass is 10.1. The molecule has 106 valence electrons. The van der Waals surface area contributed by atoms with Gasteiger partial charge < -0.3 is 15.8 Å². The molecule has 1 aliphatic rings. The molecule has 6 nitrogen and oxygen atoms in total. The van der Waals surface area contributed by atoms with Crippen LogP contribution in [0.3, 0.4) is 0 Å². The van der Waals surface area contributed by atoms with Gasteiger partial charge in [0, 0.05) is 6.61 Å². The maximum Gasteiger partial charge on any atom is 0.274 e. The second kappa shape index (κ2) is 6.06. The number of amides is 1. The van der Waals surface area contributed by atoms with Crippen molar-refractivity contribution in [3.05, 3.63) is 11.4 Å². The molecule has 1 aliphatic heterocycles. The van der Waals surface area contributed by atoms with E-state index in [0.29, 0.717) is 5.69 Å². The Morgan fingerprint density at radius 3 is 3.11 bits per heavy atom. The van der Waals surface area contributed by atoms with E-state index in [0.717, 1.165) is 38.0 Å². The first-order valence-electron chi connectivity index (χ1n) is 6.88. The number of ether oxygens (including phenoxy) is 1. The molecule has 19 heavy (non-hydrogen) atoms.